The molecule has 3 aromatic rings. The van der Waals surface area contributed by atoms with Crippen LogP contribution in [-0.4, -0.2) is 15.9 Å². The highest BCUT2D eigenvalue weighted by Gasteiger charge is 2.14. The third-order valence-corrected chi connectivity index (χ3v) is 4.13. The van der Waals surface area contributed by atoms with Gasteiger partial charge in [0.1, 0.15) is 11.4 Å². The van der Waals surface area contributed by atoms with Gasteiger partial charge in [-0.05, 0) is 49.2 Å². The Morgan fingerprint density at radius 1 is 1.08 bits per heavy atom. The molecule has 0 spiro atoms. The molecule has 25 heavy (non-hydrogen) atoms. The van der Waals surface area contributed by atoms with E-state index >= 15 is 0 Å². The van der Waals surface area contributed by atoms with E-state index < -0.39 is 11.5 Å². The highest BCUT2D eigenvalue weighted by molar-refractivity contribution is 6.30. The van der Waals surface area contributed by atoms with Crippen molar-refractivity contribution in [2.24, 2.45) is 0 Å². The number of H-pyrrole nitrogens is 1. The Labute approximate surface area is 149 Å². The number of nitrogens with one attached hydrogen (secondary N) is 2. The van der Waals surface area contributed by atoms with Gasteiger partial charge in [0.2, 0.25) is 0 Å². The lowest BCUT2D eigenvalue weighted by molar-refractivity contribution is 0.102. The summed E-state index contributed by atoms with van der Waals surface area (Å²) >= 11 is 5.85. The molecule has 0 radical (unpaired) electrons. The van der Waals surface area contributed by atoms with E-state index in [4.69, 9.17) is 11.6 Å². The second-order valence-corrected chi connectivity index (χ2v) is 6.14. The third kappa shape index (κ3) is 3.61. The molecular weight excluding hydrogens is 338 g/mol. The van der Waals surface area contributed by atoms with Crippen LogP contribution >= 0.6 is 11.6 Å². The number of amides is 1. The number of benzene rings is 2. The monoisotopic (exact) mass is 353 g/mol. The molecule has 6 heteroatoms. The predicted octanol–water partition coefficient (Wildman–Crippen LogP) is 3.96. The summed E-state index contributed by atoms with van der Waals surface area (Å²) in [6, 6.07) is 12.6. The van der Waals surface area contributed by atoms with Crippen LogP contribution in [0.5, 0.6) is 0 Å². The summed E-state index contributed by atoms with van der Waals surface area (Å²) in [5, 5.41) is 3.38. The van der Waals surface area contributed by atoms with E-state index in [1.54, 1.807) is 24.3 Å². The lowest BCUT2D eigenvalue weighted by atomic mass is 10.1. The summed E-state index contributed by atoms with van der Waals surface area (Å²) in [5.41, 5.74) is 2.73. The number of hydrogen-bond acceptors (Lipinski definition) is 3. The van der Waals surface area contributed by atoms with Gasteiger partial charge in [-0.3, -0.25) is 9.59 Å². The minimum atomic E-state index is -0.497. The molecule has 0 unspecified atom stereocenters. The van der Waals surface area contributed by atoms with Gasteiger partial charge in [-0.2, -0.15) is 0 Å². The first-order valence-corrected chi connectivity index (χ1v) is 8.06. The van der Waals surface area contributed by atoms with Crippen molar-refractivity contribution in [1.82, 2.24) is 9.97 Å². The average Bonchev–Trinajstić information content (AvgIpc) is 2.58. The van der Waals surface area contributed by atoms with Crippen LogP contribution in [0, 0.1) is 13.8 Å². The van der Waals surface area contributed by atoms with Crippen molar-refractivity contribution in [1.29, 1.82) is 0 Å². The molecule has 0 saturated carbocycles. The van der Waals surface area contributed by atoms with Crippen molar-refractivity contribution in [2.45, 2.75) is 13.8 Å². The van der Waals surface area contributed by atoms with E-state index in [2.05, 4.69) is 15.3 Å². The Morgan fingerprint density at radius 2 is 1.72 bits per heavy atom. The van der Waals surface area contributed by atoms with E-state index in [1.165, 1.54) is 6.20 Å². The fourth-order valence-electron chi connectivity index (χ4n) is 2.50. The van der Waals surface area contributed by atoms with Crippen LogP contribution in [0.3, 0.4) is 0 Å². The Kier molecular flexibility index (Phi) is 4.67. The lowest BCUT2D eigenvalue weighted by Crippen LogP contribution is -2.24. The highest BCUT2D eigenvalue weighted by atomic mass is 35.5. The van der Waals surface area contributed by atoms with Crippen molar-refractivity contribution in [2.75, 3.05) is 5.32 Å². The second-order valence-electron chi connectivity index (χ2n) is 5.70. The van der Waals surface area contributed by atoms with E-state index in [0.29, 0.717) is 22.1 Å². The van der Waals surface area contributed by atoms with Gasteiger partial charge in [0.05, 0.1) is 0 Å². The maximum Gasteiger partial charge on any atom is 0.264 e. The molecule has 2 aromatic carbocycles. The van der Waals surface area contributed by atoms with Crippen molar-refractivity contribution < 1.29 is 4.79 Å². The van der Waals surface area contributed by atoms with Gasteiger partial charge >= 0.3 is 0 Å². The van der Waals surface area contributed by atoms with E-state index in [1.807, 2.05) is 32.0 Å². The van der Waals surface area contributed by atoms with Crippen LogP contribution < -0.4 is 10.9 Å². The van der Waals surface area contributed by atoms with Crippen LogP contribution in [0.2, 0.25) is 5.02 Å². The van der Waals surface area contributed by atoms with Gasteiger partial charge in [0.25, 0.3) is 11.5 Å². The maximum atomic E-state index is 12.4. The number of hydrogen-bond donors (Lipinski definition) is 2. The van der Waals surface area contributed by atoms with Crippen LogP contribution in [-0.2, 0) is 0 Å². The topological polar surface area (TPSA) is 74.8 Å². The maximum absolute atomic E-state index is 12.4. The van der Waals surface area contributed by atoms with Crippen LogP contribution in [0.4, 0.5) is 5.69 Å². The van der Waals surface area contributed by atoms with Crippen LogP contribution in [0.25, 0.3) is 11.4 Å². The molecule has 5 nitrogen and oxygen atoms in total. The van der Waals surface area contributed by atoms with Crippen LogP contribution in [0.1, 0.15) is 21.5 Å². The zero-order chi connectivity index (χ0) is 18.0. The fourth-order valence-corrected chi connectivity index (χ4v) is 2.63. The summed E-state index contributed by atoms with van der Waals surface area (Å²) in [7, 11) is 0. The Morgan fingerprint density at radius 3 is 2.32 bits per heavy atom. The van der Waals surface area contributed by atoms with E-state index in [9.17, 15) is 9.59 Å². The van der Waals surface area contributed by atoms with E-state index in [-0.39, 0.29) is 5.56 Å². The number of carbonyl (C=O) groups excluding carboxylic acids is 1. The zero-order valence-electron chi connectivity index (χ0n) is 13.8. The molecule has 0 fully saturated rings. The molecule has 0 aliphatic heterocycles. The minimum absolute atomic E-state index is 0.0413. The summed E-state index contributed by atoms with van der Waals surface area (Å²) in [6.45, 7) is 3.80. The molecule has 0 aliphatic rings. The van der Waals surface area contributed by atoms with Crippen molar-refractivity contribution in [3.05, 3.63) is 80.7 Å². The average molecular weight is 354 g/mol. The van der Waals surface area contributed by atoms with E-state index in [0.717, 1.165) is 11.1 Å². The number of nitrogens with zero attached hydrogens (tertiary/aromatic N) is 1. The zero-order valence-corrected chi connectivity index (χ0v) is 14.5. The third-order valence-electron chi connectivity index (χ3n) is 3.88. The summed E-state index contributed by atoms with van der Waals surface area (Å²) < 4.78 is 0. The Bertz CT molecular complexity index is 974. The second kappa shape index (κ2) is 6.91. The first-order valence-electron chi connectivity index (χ1n) is 7.68. The van der Waals surface area contributed by atoms with Gasteiger partial charge in [-0.15, -0.1) is 0 Å². The molecule has 3 rings (SSSR count). The number of aryl methyl sites for hydroxylation is 2. The SMILES string of the molecule is Cc1cccc(C)c1NC(=O)c1cnc(-c2ccc(Cl)cc2)[nH]c1=O. The minimum Gasteiger partial charge on any atom is -0.321 e. The number of carbonyl (C=O) groups is 1. The fraction of sp³-hybridized carbons (Fsp3) is 0.105. The number of aromatic amines is 1. The van der Waals surface area contributed by atoms with Crippen molar-refractivity contribution >= 4 is 23.2 Å². The van der Waals surface area contributed by atoms with Crippen molar-refractivity contribution in [3.8, 4) is 11.4 Å². The van der Waals surface area contributed by atoms with Crippen molar-refractivity contribution in [3.63, 3.8) is 0 Å². The van der Waals surface area contributed by atoms with Gasteiger partial charge in [0.15, 0.2) is 0 Å². The summed E-state index contributed by atoms with van der Waals surface area (Å²) in [4.78, 5) is 31.6. The quantitative estimate of drug-likeness (QED) is 0.748. The number of anilines is 1. The molecule has 0 saturated heterocycles. The molecule has 1 amide bonds. The largest absolute Gasteiger partial charge is 0.321 e. The molecule has 1 aromatic heterocycles. The highest BCUT2D eigenvalue weighted by Crippen LogP contribution is 2.20. The number of halogens is 1. The molecular formula is C19H16ClN3O2. The molecule has 2 N–H and O–H groups in total. The predicted molar refractivity (Wildman–Crippen MR) is 99.2 cm³/mol. The lowest BCUT2D eigenvalue weighted by Gasteiger charge is -2.11. The van der Waals surface area contributed by atoms with Gasteiger partial charge in [-0.25, -0.2) is 4.98 Å². The molecule has 126 valence electrons. The molecule has 0 aliphatic carbocycles. The molecule has 0 bridgehead atoms. The molecule has 0 atom stereocenters. The smallest absolute Gasteiger partial charge is 0.264 e. The van der Waals surface area contributed by atoms with Gasteiger partial charge in [-0.1, -0.05) is 29.8 Å². The molecule has 1 heterocycles. The standard InChI is InChI=1S/C19H16ClN3O2/c1-11-4-3-5-12(2)16(11)22-18(24)15-10-21-17(23-19(15)25)13-6-8-14(20)9-7-13/h3-10H,1-2H3,(H,22,24)(H,21,23,25). The first kappa shape index (κ1) is 16.9. The number of rotatable bonds is 3. The van der Waals surface area contributed by atoms with Gasteiger partial charge < -0.3 is 10.3 Å². The summed E-state index contributed by atoms with van der Waals surface area (Å²) in [5.74, 6) is -0.112. The number of aromatic nitrogens is 2. The number of para-hydroxylation sites is 1. The first-order chi connectivity index (χ1) is 12.0. The normalized spacial score (nSPS) is 10.5. The van der Waals surface area contributed by atoms with Crippen LogP contribution in [0.15, 0.2) is 53.5 Å². The Hall–Kier alpha value is -2.92. The Balaban J connectivity index is 1.89. The summed E-state index contributed by atoms with van der Waals surface area (Å²) in [6.07, 6.45) is 1.28. The van der Waals surface area contributed by atoms with Gasteiger partial charge in [0, 0.05) is 22.5 Å².